The Morgan fingerprint density at radius 1 is 1.00 bits per heavy atom. The van der Waals surface area contributed by atoms with E-state index in [1.54, 1.807) is 0 Å². The Labute approximate surface area is 119 Å². The Morgan fingerprint density at radius 3 is 2.47 bits per heavy atom. The van der Waals surface area contributed by atoms with Crippen LogP contribution in [0.2, 0.25) is 0 Å². The van der Waals surface area contributed by atoms with Gasteiger partial charge >= 0.3 is 0 Å². The number of hydrogen-bond donors (Lipinski definition) is 1. The molecule has 0 aromatic rings. The molecule has 0 spiro atoms. The van der Waals surface area contributed by atoms with Crippen molar-refractivity contribution >= 4 is 0 Å². The van der Waals surface area contributed by atoms with E-state index < -0.39 is 0 Å². The highest BCUT2D eigenvalue weighted by atomic mass is 15.2. The molecule has 2 nitrogen and oxygen atoms in total. The zero-order valence-corrected chi connectivity index (χ0v) is 12.7. The van der Waals surface area contributed by atoms with E-state index in [0.29, 0.717) is 6.04 Å². The van der Waals surface area contributed by atoms with Crippen molar-refractivity contribution in [1.29, 1.82) is 0 Å². The van der Waals surface area contributed by atoms with Gasteiger partial charge in [0.05, 0.1) is 0 Å². The third-order valence-electron chi connectivity index (χ3n) is 6.33. The van der Waals surface area contributed by atoms with Crippen molar-refractivity contribution < 1.29 is 0 Å². The maximum absolute atomic E-state index is 6.20. The summed E-state index contributed by atoms with van der Waals surface area (Å²) in [5.74, 6) is 2.85. The monoisotopic (exact) mass is 264 g/mol. The molecule has 3 unspecified atom stereocenters. The molecule has 2 saturated carbocycles. The van der Waals surface area contributed by atoms with Crippen LogP contribution in [-0.2, 0) is 0 Å². The number of hydrogen-bond acceptors (Lipinski definition) is 2. The van der Waals surface area contributed by atoms with Gasteiger partial charge in [-0.3, -0.25) is 4.90 Å². The molecule has 3 aliphatic rings. The zero-order chi connectivity index (χ0) is 13.2. The largest absolute Gasteiger partial charge is 0.329 e. The first kappa shape index (κ1) is 13.9. The molecule has 1 aliphatic heterocycles. The summed E-state index contributed by atoms with van der Waals surface area (Å²) in [6.45, 7) is 4.65. The van der Waals surface area contributed by atoms with E-state index in [1.807, 2.05) is 0 Å². The average Bonchev–Trinajstić information content (AvgIpc) is 2.86. The van der Waals surface area contributed by atoms with E-state index >= 15 is 0 Å². The van der Waals surface area contributed by atoms with Crippen molar-refractivity contribution in [2.24, 2.45) is 23.5 Å². The van der Waals surface area contributed by atoms with Crippen molar-refractivity contribution in [3.8, 4) is 0 Å². The van der Waals surface area contributed by atoms with Gasteiger partial charge in [-0.2, -0.15) is 0 Å². The van der Waals surface area contributed by atoms with Crippen molar-refractivity contribution in [1.82, 2.24) is 4.90 Å². The second kappa shape index (κ2) is 6.13. The minimum atomic E-state index is 0.695. The van der Waals surface area contributed by atoms with Crippen LogP contribution in [-0.4, -0.2) is 30.1 Å². The second-order valence-electron chi connectivity index (χ2n) is 7.46. The molecular formula is C17H32N2. The molecule has 3 atom stereocenters. The molecule has 0 aromatic heterocycles. The summed E-state index contributed by atoms with van der Waals surface area (Å²) in [7, 11) is 0. The lowest BCUT2D eigenvalue weighted by molar-refractivity contribution is 0.0772. The van der Waals surface area contributed by atoms with Gasteiger partial charge in [-0.05, 0) is 56.4 Å². The first-order valence-corrected chi connectivity index (χ1v) is 8.75. The normalized spacial score (nSPS) is 42.0. The maximum atomic E-state index is 6.20. The lowest BCUT2D eigenvalue weighted by atomic mass is 9.78. The van der Waals surface area contributed by atoms with Gasteiger partial charge in [0.15, 0.2) is 0 Å². The van der Waals surface area contributed by atoms with Gasteiger partial charge in [0.25, 0.3) is 0 Å². The highest BCUT2D eigenvalue weighted by Gasteiger charge is 2.41. The van der Waals surface area contributed by atoms with E-state index in [1.165, 1.54) is 64.3 Å². The topological polar surface area (TPSA) is 29.3 Å². The Balaban J connectivity index is 1.65. The standard InChI is InChI=1S/C17H32N2/c1-13-6-8-15(9-7-13)17(12-18)19-11-10-14-4-2-3-5-16(14)19/h13-17H,2-12,18H2,1H3. The minimum absolute atomic E-state index is 0.695. The number of rotatable bonds is 3. The van der Waals surface area contributed by atoms with E-state index in [2.05, 4.69) is 11.8 Å². The summed E-state index contributed by atoms with van der Waals surface area (Å²) in [6, 6.07) is 1.59. The molecule has 0 aromatic carbocycles. The fourth-order valence-corrected chi connectivity index (χ4v) is 5.12. The highest BCUT2D eigenvalue weighted by molar-refractivity contribution is 4.95. The first-order valence-electron chi connectivity index (χ1n) is 8.75. The molecule has 1 heterocycles. The van der Waals surface area contributed by atoms with E-state index in [0.717, 1.165) is 30.3 Å². The molecule has 0 radical (unpaired) electrons. The fraction of sp³-hybridized carbons (Fsp3) is 1.00. The Bertz CT molecular complexity index is 283. The zero-order valence-electron chi connectivity index (χ0n) is 12.7. The van der Waals surface area contributed by atoms with Crippen LogP contribution >= 0.6 is 0 Å². The summed E-state index contributed by atoms with van der Waals surface area (Å²) in [5, 5.41) is 0. The Kier molecular flexibility index (Phi) is 4.48. The molecular weight excluding hydrogens is 232 g/mol. The van der Waals surface area contributed by atoms with Crippen LogP contribution in [0.5, 0.6) is 0 Å². The van der Waals surface area contributed by atoms with Crippen LogP contribution in [0.1, 0.15) is 64.7 Å². The van der Waals surface area contributed by atoms with Gasteiger partial charge in [0.1, 0.15) is 0 Å². The van der Waals surface area contributed by atoms with Gasteiger partial charge in [0, 0.05) is 18.6 Å². The fourth-order valence-electron chi connectivity index (χ4n) is 5.12. The average molecular weight is 264 g/mol. The van der Waals surface area contributed by atoms with Crippen molar-refractivity contribution in [3.63, 3.8) is 0 Å². The summed E-state index contributed by atoms with van der Waals surface area (Å²) in [6.07, 6.45) is 13.0. The van der Waals surface area contributed by atoms with Gasteiger partial charge in [-0.25, -0.2) is 0 Å². The van der Waals surface area contributed by atoms with Crippen molar-refractivity contribution in [3.05, 3.63) is 0 Å². The number of likely N-dealkylation sites (tertiary alicyclic amines) is 1. The predicted octanol–water partition coefficient (Wildman–Crippen LogP) is 3.40. The molecule has 1 saturated heterocycles. The van der Waals surface area contributed by atoms with Gasteiger partial charge in [0.2, 0.25) is 0 Å². The summed E-state index contributed by atoms with van der Waals surface area (Å²) < 4.78 is 0. The maximum Gasteiger partial charge on any atom is 0.0249 e. The Morgan fingerprint density at radius 2 is 1.74 bits per heavy atom. The molecule has 2 heteroatoms. The Hall–Kier alpha value is -0.0800. The third-order valence-corrected chi connectivity index (χ3v) is 6.33. The second-order valence-corrected chi connectivity index (χ2v) is 7.46. The van der Waals surface area contributed by atoms with E-state index in [4.69, 9.17) is 5.73 Å². The molecule has 0 amide bonds. The van der Waals surface area contributed by atoms with Crippen LogP contribution < -0.4 is 5.73 Å². The molecule has 2 N–H and O–H groups in total. The molecule has 110 valence electrons. The smallest absolute Gasteiger partial charge is 0.0249 e. The van der Waals surface area contributed by atoms with Crippen molar-refractivity contribution in [2.75, 3.05) is 13.1 Å². The number of nitrogens with zero attached hydrogens (tertiary/aromatic N) is 1. The number of nitrogens with two attached hydrogens (primary N) is 1. The predicted molar refractivity (Wildman–Crippen MR) is 81.0 cm³/mol. The third kappa shape index (κ3) is 2.85. The van der Waals surface area contributed by atoms with Crippen LogP contribution in [0.25, 0.3) is 0 Å². The van der Waals surface area contributed by atoms with Crippen LogP contribution in [0.3, 0.4) is 0 Å². The first-order chi connectivity index (χ1) is 9.29. The molecule has 3 fully saturated rings. The minimum Gasteiger partial charge on any atom is -0.329 e. The molecule has 3 rings (SSSR count). The highest BCUT2D eigenvalue weighted by Crippen LogP contribution is 2.40. The van der Waals surface area contributed by atoms with Crippen molar-refractivity contribution in [2.45, 2.75) is 76.8 Å². The van der Waals surface area contributed by atoms with Crippen LogP contribution in [0.4, 0.5) is 0 Å². The quantitative estimate of drug-likeness (QED) is 0.846. The molecule has 19 heavy (non-hydrogen) atoms. The van der Waals surface area contributed by atoms with Crippen LogP contribution in [0, 0.1) is 17.8 Å². The van der Waals surface area contributed by atoms with E-state index in [-0.39, 0.29) is 0 Å². The summed E-state index contributed by atoms with van der Waals surface area (Å²) in [4.78, 5) is 2.85. The van der Waals surface area contributed by atoms with Crippen LogP contribution in [0.15, 0.2) is 0 Å². The number of fused-ring (bicyclic) bond motifs is 1. The molecule has 0 bridgehead atoms. The lowest BCUT2D eigenvalue weighted by Gasteiger charge is -2.42. The summed E-state index contributed by atoms with van der Waals surface area (Å²) in [5.41, 5.74) is 6.20. The SMILES string of the molecule is CC1CCC(C(CN)N2CCC3CCCCC32)CC1. The summed E-state index contributed by atoms with van der Waals surface area (Å²) >= 11 is 0. The van der Waals surface area contributed by atoms with Gasteiger partial charge in [-0.1, -0.05) is 32.6 Å². The lowest BCUT2D eigenvalue weighted by Crippen LogP contribution is -2.50. The molecule has 2 aliphatic carbocycles. The van der Waals surface area contributed by atoms with Gasteiger partial charge < -0.3 is 5.73 Å². The van der Waals surface area contributed by atoms with E-state index in [9.17, 15) is 0 Å². The van der Waals surface area contributed by atoms with Gasteiger partial charge in [-0.15, -0.1) is 0 Å².